The first kappa shape index (κ1) is 22.3. The molecule has 0 unspecified atom stereocenters. The molecule has 2 aromatic heterocycles. The maximum atomic E-state index is 12.5. The summed E-state index contributed by atoms with van der Waals surface area (Å²) in [6.45, 7) is 6.19. The largest absolute Gasteiger partial charge is 0.441 e. The third kappa shape index (κ3) is 5.46. The molecule has 0 saturated carbocycles. The fourth-order valence-electron chi connectivity index (χ4n) is 3.55. The Hall–Kier alpha value is -3.94. The zero-order valence-corrected chi connectivity index (χ0v) is 19.0. The van der Waals surface area contributed by atoms with Crippen LogP contribution in [-0.4, -0.2) is 26.6 Å². The Morgan fingerprint density at radius 1 is 1.09 bits per heavy atom. The summed E-state index contributed by atoms with van der Waals surface area (Å²) >= 11 is 0. The zero-order valence-electron chi connectivity index (χ0n) is 19.0. The van der Waals surface area contributed by atoms with Crippen LogP contribution in [0, 0.1) is 12.8 Å². The summed E-state index contributed by atoms with van der Waals surface area (Å²) in [5, 5.41) is 11.1. The second-order valence-electron chi connectivity index (χ2n) is 8.39. The van der Waals surface area contributed by atoms with Crippen LogP contribution >= 0.6 is 0 Å². The SMILES string of the molecule is Cc1oc(-c2cccc(NC(=O)CC(C)C)c2)nc1CNC(=O)Cn1ncc2ccccc21. The van der Waals surface area contributed by atoms with Gasteiger partial charge in [-0.15, -0.1) is 0 Å². The minimum absolute atomic E-state index is 0.0286. The molecule has 0 radical (unpaired) electrons. The number of hydrogen-bond acceptors (Lipinski definition) is 5. The van der Waals surface area contributed by atoms with Crippen LogP contribution in [0.25, 0.3) is 22.4 Å². The van der Waals surface area contributed by atoms with Crippen molar-refractivity contribution in [2.75, 3.05) is 5.32 Å². The number of hydrogen-bond donors (Lipinski definition) is 2. The van der Waals surface area contributed by atoms with Crippen molar-refractivity contribution in [2.24, 2.45) is 5.92 Å². The second kappa shape index (κ2) is 9.68. The van der Waals surface area contributed by atoms with E-state index in [1.165, 1.54) is 0 Å². The Kier molecular flexibility index (Phi) is 6.53. The van der Waals surface area contributed by atoms with Gasteiger partial charge in [-0.2, -0.15) is 5.10 Å². The molecule has 4 rings (SSSR count). The van der Waals surface area contributed by atoms with Crippen LogP contribution in [0.15, 0.2) is 59.1 Å². The monoisotopic (exact) mass is 445 g/mol. The number of para-hydroxylation sites is 1. The van der Waals surface area contributed by atoms with Gasteiger partial charge in [0.25, 0.3) is 0 Å². The summed E-state index contributed by atoms with van der Waals surface area (Å²) in [4.78, 5) is 29.1. The normalized spacial score (nSPS) is 11.2. The smallest absolute Gasteiger partial charge is 0.242 e. The number of oxazole rings is 1. The number of fused-ring (bicyclic) bond motifs is 1. The van der Waals surface area contributed by atoms with Crippen LogP contribution in [-0.2, 0) is 22.7 Å². The van der Waals surface area contributed by atoms with Crippen LogP contribution in [0.2, 0.25) is 0 Å². The number of rotatable bonds is 8. The highest BCUT2D eigenvalue weighted by Gasteiger charge is 2.14. The molecule has 2 N–H and O–H groups in total. The number of aryl methyl sites for hydroxylation is 1. The van der Waals surface area contributed by atoms with Gasteiger partial charge >= 0.3 is 0 Å². The fraction of sp³-hybridized carbons (Fsp3) is 0.280. The van der Waals surface area contributed by atoms with E-state index >= 15 is 0 Å². The molecule has 0 spiro atoms. The number of anilines is 1. The van der Waals surface area contributed by atoms with E-state index in [-0.39, 0.29) is 30.8 Å². The Bertz CT molecular complexity index is 1290. The van der Waals surface area contributed by atoms with Crippen molar-refractivity contribution in [2.45, 2.75) is 40.3 Å². The van der Waals surface area contributed by atoms with Gasteiger partial charge in [0.05, 0.1) is 18.3 Å². The van der Waals surface area contributed by atoms with Gasteiger partial charge in [0.1, 0.15) is 18.0 Å². The van der Waals surface area contributed by atoms with E-state index < -0.39 is 0 Å². The van der Waals surface area contributed by atoms with Crippen molar-refractivity contribution in [3.05, 3.63) is 66.2 Å². The van der Waals surface area contributed by atoms with Crippen LogP contribution in [0.5, 0.6) is 0 Å². The molecular formula is C25H27N5O3. The highest BCUT2D eigenvalue weighted by atomic mass is 16.4. The van der Waals surface area contributed by atoms with E-state index in [1.807, 2.05) is 69.3 Å². The number of aromatic nitrogens is 3. The van der Waals surface area contributed by atoms with Gasteiger partial charge in [-0.05, 0) is 37.1 Å². The maximum Gasteiger partial charge on any atom is 0.242 e. The number of carbonyl (C=O) groups is 2. The third-order valence-corrected chi connectivity index (χ3v) is 5.18. The van der Waals surface area contributed by atoms with Gasteiger partial charge in [0.15, 0.2) is 0 Å². The molecule has 0 atom stereocenters. The third-order valence-electron chi connectivity index (χ3n) is 5.18. The molecule has 4 aromatic rings. The lowest BCUT2D eigenvalue weighted by molar-refractivity contribution is -0.122. The van der Waals surface area contributed by atoms with E-state index in [2.05, 4.69) is 20.7 Å². The predicted molar refractivity (Wildman–Crippen MR) is 126 cm³/mol. The molecule has 2 aromatic carbocycles. The van der Waals surface area contributed by atoms with Gasteiger partial charge in [-0.1, -0.05) is 38.1 Å². The summed E-state index contributed by atoms with van der Waals surface area (Å²) in [5.74, 6) is 1.16. The zero-order chi connectivity index (χ0) is 23.4. The summed E-state index contributed by atoms with van der Waals surface area (Å²) in [5.41, 5.74) is 3.00. The molecule has 2 heterocycles. The van der Waals surface area contributed by atoms with E-state index in [4.69, 9.17) is 4.42 Å². The van der Waals surface area contributed by atoms with Crippen molar-refractivity contribution in [1.82, 2.24) is 20.1 Å². The molecular weight excluding hydrogens is 418 g/mol. The minimum Gasteiger partial charge on any atom is -0.441 e. The van der Waals surface area contributed by atoms with E-state index in [0.29, 0.717) is 29.5 Å². The van der Waals surface area contributed by atoms with Crippen LogP contribution < -0.4 is 10.6 Å². The number of carbonyl (C=O) groups excluding carboxylic acids is 2. The molecule has 0 aliphatic rings. The molecule has 2 amide bonds. The molecule has 0 aliphatic carbocycles. The van der Waals surface area contributed by atoms with Gasteiger partial charge in [0, 0.05) is 23.1 Å². The summed E-state index contributed by atoms with van der Waals surface area (Å²) < 4.78 is 7.50. The first-order valence-electron chi connectivity index (χ1n) is 10.9. The number of amides is 2. The van der Waals surface area contributed by atoms with Crippen LogP contribution in [0.3, 0.4) is 0 Å². The first-order valence-corrected chi connectivity index (χ1v) is 10.9. The maximum absolute atomic E-state index is 12.5. The Balaban J connectivity index is 1.40. The first-order chi connectivity index (χ1) is 15.9. The topological polar surface area (TPSA) is 102 Å². The minimum atomic E-state index is -0.164. The molecule has 33 heavy (non-hydrogen) atoms. The van der Waals surface area contributed by atoms with E-state index in [1.54, 1.807) is 10.9 Å². The van der Waals surface area contributed by atoms with Crippen LogP contribution in [0.1, 0.15) is 31.7 Å². The average Bonchev–Trinajstić information content (AvgIpc) is 3.35. The van der Waals surface area contributed by atoms with Crippen molar-refractivity contribution in [3.8, 4) is 11.5 Å². The molecule has 0 aliphatic heterocycles. The van der Waals surface area contributed by atoms with Crippen molar-refractivity contribution in [1.29, 1.82) is 0 Å². The van der Waals surface area contributed by atoms with E-state index in [9.17, 15) is 9.59 Å². The molecule has 8 nitrogen and oxygen atoms in total. The van der Waals surface area contributed by atoms with Crippen LogP contribution in [0.4, 0.5) is 5.69 Å². The lowest BCUT2D eigenvalue weighted by Crippen LogP contribution is -2.27. The molecule has 8 heteroatoms. The quantitative estimate of drug-likeness (QED) is 0.421. The Labute approximate surface area is 192 Å². The van der Waals surface area contributed by atoms with Gasteiger partial charge in [-0.25, -0.2) is 4.98 Å². The van der Waals surface area contributed by atoms with E-state index in [0.717, 1.165) is 16.5 Å². The lowest BCUT2D eigenvalue weighted by Gasteiger charge is -2.07. The predicted octanol–water partition coefficient (Wildman–Crippen LogP) is 4.30. The highest BCUT2D eigenvalue weighted by molar-refractivity contribution is 5.91. The summed E-state index contributed by atoms with van der Waals surface area (Å²) in [6, 6.07) is 15.1. The number of nitrogens with zero attached hydrogens (tertiary/aromatic N) is 3. The van der Waals surface area contributed by atoms with Gasteiger partial charge in [0.2, 0.25) is 17.7 Å². The highest BCUT2D eigenvalue weighted by Crippen LogP contribution is 2.24. The number of benzene rings is 2. The summed E-state index contributed by atoms with van der Waals surface area (Å²) in [6.07, 6.45) is 2.20. The standard InChI is InChI=1S/C25H27N5O3/c1-16(2)11-23(31)28-20-9-6-8-18(12-20)25-29-21(17(3)33-25)14-26-24(32)15-30-22-10-5-4-7-19(22)13-27-30/h4-10,12-13,16H,11,14-15H2,1-3H3,(H,26,32)(H,28,31). The van der Waals surface area contributed by atoms with Crippen molar-refractivity contribution in [3.63, 3.8) is 0 Å². The average molecular weight is 446 g/mol. The lowest BCUT2D eigenvalue weighted by atomic mass is 10.1. The Morgan fingerprint density at radius 3 is 2.73 bits per heavy atom. The van der Waals surface area contributed by atoms with Crippen molar-refractivity contribution >= 4 is 28.4 Å². The number of nitrogens with one attached hydrogen (secondary N) is 2. The Morgan fingerprint density at radius 2 is 1.91 bits per heavy atom. The van der Waals surface area contributed by atoms with Gasteiger partial charge < -0.3 is 15.1 Å². The van der Waals surface area contributed by atoms with Crippen molar-refractivity contribution < 1.29 is 14.0 Å². The fourth-order valence-corrected chi connectivity index (χ4v) is 3.55. The summed E-state index contributed by atoms with van der Waals surface area (Å²) in [7, 11) is 0. The molecule has 170 valence electrons. The molecule has 0 fully saturated rings. The molecule has 0 saturated heterocycles. The van der Waals surface area contributed by atoms with Gasteiger partial charge in [-0.3, -0.25) is 14.3 Å². The second-order valence-corrected chi connectivity index (χ2v) is 8.39. The molecule has 0 bridgehead atoms.